The molecule has 2 bridgehead atoms. The van der Waals surface area contributed by atoms with E-state index in [0.29, 0.717) is 30.7 Å². The molecule has 7 atom stereocenters. The van der Waals surface area contributed by atoms with Crippen LogP contribution in [0, 0.1) is 23.2 Å². The van der Waals surface area contributed by atoms with Crippen molar-refractivity contribution < 1.29 is 41.8 Å². The second-order valence-corrected chi connectivity index (χ2v) is 23.3. The van der Waals surface area contributed by atoms with Crippen LogP contribution in [0.5, 0.6) is 11.6 Å². The van der Waals surface area contributed by atoms with E-state index in [1.807, 2.05) is 45.0 Å². The number of benzene rings is 1. The second-order valence-electron chi connectivity index (χ2n) is 21.1. The molecule has 4 heterocycles. The summed E-state index contributed by atoms with van der Waals surface area (Å²) in [6.45, 7) is 14.0. The smallest absolute Gasteiger partial charge is 0.408 e. The lowest BCUT2D eigenvalue weighted by Crippen LogP contribution is -2.68. The van der Waals surface area contributed by atoms with Crippen LogP contribution in [0.2, 0.25) is 0 Å². The highest BCUT2D eigenvalue weighted by Crippen LogP contribution is 2.44. The van der Waals surface area contributed by atoms with Crippen molar-refractivity contribution in [1.82, 2.24) is 30.1 Å². The number of nitrogens with one attached hydrogen (secondary N) is 3. The molecule has 0 spiro atoms. The standard InChI is InChI=1S/C49H66N6O9S/c1-6-32-18-21-49(32,45(58)53-65(60,61)48(5)22-23-48)52-42(56)38-27-34-29-55(38)44(57)41(47(2,3)4)51-46(59)64-39-26-31(39)12-8-7-9-14-36-40(35-13-10-11-15-37(35)50-43(36)63-34)62-33-19-24-54(25-20-33)28-30-16-17-30/h6,10-11,13,15,18,21,30-34,38-39,41H,1,7-9,12,14,16-17,19-20,22-29H2,2-5H3,(H,51,59)(H,52,56)(H,53,58). The fourth-order valence-electron chi connectivity index (χ4n) is 10.0. The Bertz CT molecular complexity index is 2350. The lowest BCUT2D eigenvalue weighted by molar-refractivity contribution is -0.143. The Morgan fingerprint density at radius 2 is 1.78 bits per heavy atom. The van der Waals surface area contributed by atoms with Gasteiger partial charge in [-0.05, 0) is 101 Å². The van der Waals surface area contributed by atoms with Gasteiger partial charge in [0.2, 0.25) is 27.7 Å². The SMILES string of the molecule is C=CC1C=CC1(NC(=O)C1CC2CN1C(=O)C(C(C)(C)C)NC(=O)OC1CC1CCCCCc1c(nc3ccccc3c1OC1CCN(CC3CC3)CC1)O2)C(=O)NS(=O)(=O)C1(C)CC1. The molecule has 2 saturated heterocycles. The maximum atomic E-state index is 15.0. The molecule has 1 aromatic carbocycles. The molecule has 65 heavy (non-hydrogen) atoms. The summed E-state index contributed by atoms with van der Waals surface area (Å²) < 4.78 is 47.6. The molecule has 15 nitrogen and oxygen atoms in total. The molecule has 16 heteroatoms. The molecule has 5 fully saturated rings. The second kappa shape index (κ2) is 17.5. The number of fused-ring (bicyclic) bond motifs is 5. The van der Waals surface area contributed by atoms with Crippen molar-refractivity contribution in [3.8, 4) is 11.6 Å². The van der Waals surface area contributed by atoms with Crippen LogP contribution in [-0.2, 0) is 35.6 Å². The summed E-state index contributed by atoms with van der Waals surface area (Å²) in [5.74, 6) is -0.615. The first kappa shape index (κ1) is 45.5. The van der Waals surface area contributed by atoms with Crippen molar-refractivity contribution in [3.63, 3.8) is 0 Å². The van der Waals surface area contributed by atoms with E-state index in [1.54, 1.807) is 13.0 Å². The zero-order valence-corrected chi connectivity index (χ0v) is 39.1. The fraction of sp³-hybridized carbons (Fsp3) is 0.653. The Labute approximate surface area is 382 Å². The molecule has 2 aromatic rings. The lowest BCUT2D eigenvalue weighted by Gasteiger charge is -2.42. The summed E-state index contributed by atoms with van der Waals surface area (Å²) in [5.41, 5.74) is -1.03. The molecule has 9 rings (SSSR count). The highest BCUT2D eigenvalue weighted by molar-refractivity contribution is 7.91. The summed E-state index contributed by atoms with van der Waals surface area (Å²) in [7, 11) is -4.06. The summed E-state index contributed by atoms with van der Waals surface area (Å²) in [6, 6.07) is 5.63. The molecule has 4 amide bonds. The number of carbonyl (C=O) groups excluding carboxylic acids is 4. The Morgan fingerprint density at radius 1 is 1.03 bits per heavy atom. The number of para-hydroxylation sites is 1. The maximum absolute atomic E-state index is 15.0. The number of aromatic nitrogens is 1. The fourth-order valence-corrected chi connectivity index (χ4v) is 11.3. The highest BCUT2D eigenvalue weighted by Gasteiger charge is 2.56. The molecule has 0 radical (unpaired) electrons. The number of rotatable bonds is 10. The monoisotopic (exact) mass is 914 g/mol. The normalized spacial score (nSPS) is 30.8. The van der Waals surface area contributed by atoms with Gasteiger partial charge < -0.3 is 34.6 Å². The van der Waals surface area contributed by atoms with Crippen molar-refractivity contribution in [2.75, 3.05) is 26.2 Å². The summed E-state index contributed by atoms with van der Waals surface area (Å²) in [4.78, 5) is 66.4. The van der Waals surface area contributed by atoms with Gasteiger partial charge in [-0.1, -0.05) is 64.0 Å². The van der Waals surface area contributed by atoms with E-state index in [-0.39, 0.29) is 31.1 Å². The Balaban J connectivity index is 1.05. The van der Waals surface area contributed by atoms with Crippen LogP contribution < -0.4 is 24.8 Å². The van der Waals surface area contributed by atoms with E-state index in [4.69, 9.17) is 19.2 Å². The topological polar surface area (TPSA) is 186 Å². The van der Waals surface area contributed by atoms with Crippen molar-refractivity contribution in [2.45, 2.75) is 152 Å². The number of ether oxygens (including phenoxy) is 3. The van der Waals surface area contributed by atoms with Crippen molar-refractivity contribution in [3.05, 3.63) is 54.6 Å². The van der Waals surface area contributed by atoms with Crippen LogP contribution in [-0.4, -0.2) is 114 Å². The average Bonchev–Trinajstić information content (AvgIpc) is 4.21. The maximum Gasteiger partial charge on any atom is 0.408 e. The van der Waals surface area contributed by atoms with E-state index < -0.39 is 73.6 Å². The Kier molecular flexibility index (Phi) is 12.2. The van der Waals surface area contributed by atoms with Gasteiger partial charge in [0.1, 0.15) is 41.7 Å². The van der Waals surface area contributed by atoms with Gasteiger partial charge in [-0.25, -0.2) is 18.2 Å². The van der Waals surface area contributed by atoms with Gasteiger partial charge in [0.25, 0.3) is 5.91 Å². The zero-order valence-electron chi connectivity index (χ0n) is 38.3. The Morgan fingerprint density at radius 3 is 2.46 bits per heavy atom. The number of piperidine rings is 1. The number of hydrogen-bond donors (Lipinski definition) is 3. The van der Waals surface area contributed by atoms with Gasteiger partial charge in [0.05, 0.1) is 22.4 Å². The number of carbonyl (C=O) groups is 4. The van der Waals surface area contributed by atoms with Crippen molar-refractivity contribution >= 4 is 44.7 Å². The van der Waals surface area contributed by atoms with E-state index in [2.05, 4.69) is 26.8 Å². The van der Waals surface area contributed by atoms with Gasteiger partial charge in [0.15, 0.2) is 0 Å². The van der Waals surface area contributed by atoms with Gasteiger partial charge in [-0.15, -0.1) is 6.58 Å². The number of alkyl carbamates (subject to hydrolysis) is 1. The van der Waals surface area contributed by atoms with Crippen LogP contribution in [0.25, 0.3) is 10.9 Å². The van der Waals surface area contributed by atoms with Crippen LogP contribution >= 0.6 is 0 Å². The van der Waals surface area contributed by atoms with Gasteiger partial charge >= 0.3 is 6.09 Å². The number of nitrogens with zero attached hydrogens (tertiary/aromatic N) is 3. The molecule has 3 saturated carbocycles. The summed E-state index contributed by atoms with van der Waals surface area (Å²) in [6.07, 6.45) is 13.3. The molecule has 3 aliphatic heterocycles. The quantitative estimate of drug-likeness (QED) is 0.248. The number of likely N-dealkylation sites (tertiary alicyclic amines) is 1. The third-order valence-corrected chi connectivity index (χ3v) is 17.1. The minimum absolute atomic E-state index is 0.0166. The predicted molar refractivity (Wildman–Crippen MR) is 244 cm³/mol. The first-order valence-corrected chi connectivity index (χ1v) is 25.4. The zero-order chi connectivity index (χ0) is 45.9. The van der Waals surface area contributed by atoms with E-state index in [9.17, 15) is 27.6 Å². The van der Waals surface area contributed by atoms with Crippen LogP contribution in [0.15, 0.2) is 49.1 Å². The molecular formula is C49H66N6O9S. The van der Waals surface area contributed by atoms with Gasteiger partial charge in [0, 0.05) is 37.4 Å². The largest absolute Gasteiger partial charge is 0.489 e. The molecular weight excluding hydrogens is 849 g/mol. The third-order valence-electron chi connectivity index (χ3n) is 14.9. The average molecular weight is 915 g/mol. The van der Waals surface area contributed by atoms with Crippen LogP contribution in [0.1, 0.15) is 110 Å². The molecule has 7 unspecified atom stereocenters. The van der Waals surface area contributed by atoms with E-state index in [1.165, 1.54) is 29.9 Å². The minimum atomic E-state index is -4.06. The summed E-state index contributed by atoms with van der Waals surface area (Å²) in [5, 5.41) is 6.62. The van der Waals surface area contributed by atoms with Crippen LogP contribution in [0.4, 0.5) is 4.79 Å². The molecule has 7 aliphatic rings. The van der Waals surface area contributed by atoms with E-state index >= 15 is 0 Å². The number of pyridine rings is 1. The lowest BCUT2D eigenvalue weighted by atomic mass is 9.73. The molecule has 4 aliphatic carbocycles. The first-order valence-electron chi connectivity index (χ1n) is 23.9. The van der Waals surface area contributed by atoms with Gasteiger partial charge in [-0.3, -0.25) is 19.1 Å². The molecule has 3 N–H and O–H groups in total. The van der Waals surface area contributed by atoms with Crippen LogP contribution in [0.3, 0.4) is 0 Å². The van der Waals surface area contributed by atoms with Gasteiger partial charge in [-0.2, -0.15) is 0 Å². The van der Waals surface area contributed by atoms with Crippen molar-refractivity contribution in [1.29, 1.82) is 0 Å². The van der Waals surface area contributed by atoms with Crippen molar-refractivity contribution in [2.24, 2.45) is 23.2 Å². The molecule has 1 aromatic heterocycles. The van der Waals surface area contributed by atoms with E-state index in [0.717, 1.165) is 87.2 Å². The Hall–Kier alpha value is -4.70. The number of amides is 4. The predicted octanol–water partition coefficient (Wildman–Crippen LogP) is 5.71. The summed E-state index contributed by atoms with van der Waals surface area (Å²) >= 11 is 0. The third kappa shape index (κ3) is 9.48. The minimum Gasteiger partial charge on any atom is -0.489 e. The number of sulfonamides is 1. The highest BCUT2D eigenvalue weighted by atomic mass is 32.2. The number of hydrogen-bond acceptors (Lipinski definition) is 11. The first-order chi connectivity index (χ1) is 31.0. The molecule has 352 valence electrons.